The Kier molecular flexibility index (Phi) is 7.59. The molecule has 138 valence electrons. The summed E-state index contributed by atoms with van der Waals surface area (Å²) in [6.45, 7) is 0.891. The van der Waals surface area contributed by atoms with Crippen molar-refractivity contribution in [1.82, 2.24) is 5.32 Å². The molecule has 26 heavy (non-hydrogen) atoms. The summed E-state index contributed by atoms with van der Waals surface area (Å²) in [4.78, 5) is 23.5. The first-order valence-electron chi connectivity index (χ1n) is 7.63. The molecule has 0 saturated heterocycles. The summed E-state index contributed by atoms with van der Waals surface area (Å²) in [5.41, 5.74) is 0.918. The predicted molar refractivity (Wildman–Crippen MR) is 101 cm³/mol. The Balaban J connectivity index is 1.74. The third-order valence-corrected chi connectivity index (χ3v) is 4.37. The number of hydrogen-bond acceptors (Lipinski definition) is 4. The Morgan fingerprint density at radius 3 is 2.38 bits per heavy atom. The van der Waals surface area contributed by atoms with Crippen molar-refractivity contribution < 1.29 is 23.5 Å². The Morgan fingerprint density at radius 2 is 1.73 bits per heavy atom. The zero-order valence-electron chi connectivity index (χ0n) is 13.8. The minimum Gasteiger partial charge on any atom is -0.479 e. The van der Waals surface area contributed by atoms with Crippen molar-refractivity contribution in [3.8, 4) is 5.75 Å². The van der Waals surface area contributed by atoms with Crippen LogP contribution in [0.3, 0.4) is 0 Å². The number of carbonyl (C=O) groups excluding carboxylic acids is 2. The van der Waals surface area contributed by atoms with E-state index < -0.39 is 30.9 Å². The van der Waals surface area contributed by atoms with Gasteiger partial charge in [0.05, 0.1) is 6.04 Å². The fourth-order valence-electron chi connectivity index (χ4n) is 2.03. The minimum atomic E-state index is -0.765. The van der Waals surface area contributed by atoms with Crippen molar-refractivity contribution >= 4 is 43.7 Å². The molecule has 0 saturated carbocycles. The number of benzene rings is 2. The lowest BCUT2D eigenvalue weighted by atomic mass is 10.1. The number of esters is 1. The Bertz CT molecular complexity index is 783. The third kappa shape index (κ3) is 6.42. The van der Waals surface area contributed by atoms with E-state index in [4.69, 9.17) is 9.47 Å². The summed E-state index contributed by atoms with van der Waals surface area (Å²) < 4.78 is 24.9. The van der Waals surface area contributed by atoms with Gasteiger partial charge in [-0.3, -0.25) is 4.79 Å². The van der Waals surface area contributed by atoms with E-state index in [-0.39, 0.29) is 11.8 Å². The maximum atomic E-state index is 13.6. The first kappa shape index (κ1) is 20.4. The zero-order valence-corrected chi connectivity index (χ0v) is 17.0. The van der Waals surface area contributed by atoms with Crippen LogP contribution in [0.15, 0.2) is 51.4 Å². The average Bonchev–Trinajstić information content (AvgIpc) is 2.59. The number of hydrogen-bond donors (Lipinski definition) is 1. The van der Waals surface area contributed by atoms with Crippen molar-refractivity contribution in [2.75, 3.05) is 13.2 Å². The molecule has 1 unspecified atom stereocenters. The second-order valence-corrected chi connectivity index (χ2v) is 7.20. The van der Waals surface area contributed by atoms with E-state index in [9.17, 15) is 14.0 Å². The van der Waals surface area contributed by atoms with Crippen LogP contribution in [-0.2, 0) is 14.3 Å². The van der Waals surface area contributed by atoms with Crippen LogP contribution < -0.4 is 10.1 Å². The van der Waals surface area contributed by atoms with E-state index in [1.54, 1.807) is 6.07 Å². The monoisotopic (exact) mass is 487 g/mol. The topological polar surface area (TPSA) is 64.6 Å². The van der Waals surface area contributed by atoms with E-state index in [2.05, 4.69) is 37.2 Å². The summed E-state index contributed by atoms with van der Waals surface area (Å²) in [5, 5.41) is 2.72. The summed E-state index contributed by atoms with van der Waals surface area (Å²) in [6.07, 6.45) is 0. The van der Waals surface area contributed by atoms with Gasteiger partial charge in [0.15, 0.2) is 24.8 Å². The molecule has 1 atom stereocenters. The highest BCUT2D eigenvalue weighted by Crippen LogP contribution is 2.21. The van der Waals surface area contributed by atoms with E-state index in [1.807, 2.05) is 31.2 Å². The molecular weight excluding hydrogens is 473 g/mol. The lowest BCUT2D eigenvalue weighted by molar-refractivity contribution is -0.150. The molecule has 0 radical (unpaired) electrons. The highest BCUT2D eigenvalue weighted by molar-refractivity contribution is 9.10. The molecule has 0 heterocycles. The number of ether oxygens (including phenoxy) is 2. The van der Waals surface area contributed by atoms with Gasteiger partial charge in [-0.05, 0) is 42.8 Å². The van der Waals surface area contributed by atoms with Gasteiger partial charge in [0.2, 0.25) is 0 Å². The van der Waals surface area contributed by atoms with E-state index in [1.165, 1.54) is 12.1 Å². The van der Waals surface area contributed by atoms with Crippen LogP contribution >= 0.6 is 31.9 Å². The molecule has 8 heteroatoms. The molecule has 0 aliphatic heterocycles. The second-order valence-electron chi connectivity index (χ2n) is 5.36. The molecule has 0 aromatic heterocycles. The smallest absolute Gasteiger partial charge is 0.344 e. The van der Waals surface area contributed by atoms with E-state index in [0.29, 0.717) is 4.47 Å². The molecule has 0 fully saturated rings. The van der Waals surface area contributed by atoms with Crippen LogP contribution in [0.1, 0.15) is 18.5 Å². The molecule has 0 aliphatic carbocycles. The lowest BCUT2D eigenvalue weighted by Gasteiger charge is -2.14. The molecule has 2 aromatic rings. The molecule has 5 nitrogen and oxygen atoms in total. The number of carbonyl (C=O) groups is 2. The van der Waals surface area contributed by atoms with Gasteiger partial charge in [-0.1, -0.05) is 44.0 Å². The maximum Gasteiger partial charge on any atom is 0.344 e. The summed E-state index contributed by atoms with van der Waals surface area (Å²) in [5.74, 6) is -1.88. The number of halogens is 3. The largest absolute Gasteiger partial charge is 0.479 e. The summed E-state index contributed by atoms with van der Waals surface area (Å²) in [7, 11) is 0. The second kappa shape index (κ2) is 9.68. The van der Waals surface area contributed by atoms with Gasteiger partial charge in [0.25, 0.3) is 5.91 Å². The number of amides is 1. The highest BCUT2D eigenvalue weighted by atomic mass is 79.9. The van der Waals surface area contributed by atoms with Crippen LogP contribution in [0, 0.1) is 5.82 Å². The van der Waals surface area contributed by atoms with Crippen LogP contribution in [0.25, 0.3) is 0 Å². The van der Waals surface area contributed by atoms with Gasteiger partial charge in [0.1, 0.15) is 0 Å². The van der Waals surface area contributed by atoms with Gasteiger partial charge in [-0.15, -0.1) is 0 Å². The normalized spacial score (nSPS) is 11.5. The van der Waals surface area contributed by atoms with Crippen LogP contribution in [0.5, 0.6) is 5.75 Å². The SMILES string of the molecule is CC(NC(=O)COC(=O)COc1ccc(Br)cc1F)c1ccc(Br)cc1. The predicted octanol–water partition coefficient (Wildman–Crippen LogP) is 4.15. The fraction of sp³-hybridized carbons (Fsp3) is 0.222. The number of rotatable bonds is 7. The third-order valence-electron chi connectivity index (χ3n) is 3.35. The van der Waals surface area contributed by atoms with Crippen LogP contribution in [0.4, 0.5) is 4.39 Å². The zero-order chi connectivity index (χ0) is 19.1. The Morgan fingerprint density at radius 1 is 1.08 bits per heavy atom. The molecule has 2 aromatic carbocycles. The van der Waals surface area contributed by atoms with Crippen molar-refractivity contribution in [3.63, 3.8) is 0 Å². The minimum absolute atomic E-state index is 0.0709. The molecule has 1 amide bonds. The van der Waals surface area contributed by atoms with Crippen LogP contribution in [0.2, 0.25) is 0 Å². The van der Waals surface area contributed by atoms with Gasteiger partial charge < -0.3 is 14.8 Å². The first-order chi connectivity index (χ1) is 12.3. The molecular formula is C18H16Br2FNO4. The van der Waals surface area contributed by atoms with Gasteiger partial charge in [-0.25, -0.2) is 9.18 Å². The first-order valence-corrected chi connectivity index (χ1v) is 9.22. The maximum absolute atomic E-state index is 13.6. The summed E-state index contributed by atoms with van der Waals surface area (Å²) >= 11 is 6.47. The quantitative estimate of drug-likeness (QED) is 0.594. The number of nitrogens with one attached hydrogen (secondary N) is 1. The fourth-order valence-corrected chi connectivity index (χ4v) is 2.63. The van der Waals surface area contributed by atoms with Crippen LogP contribution in [-0.4, -0.2) is 25.1 Å². The summed E-state index contributed by atoms with van der Waals surface area (Å²) in [6, 6.07) is 11.5. The van der Waals surface area contributed by atoms with E-state index in [0.717, 1.165) is 10.0 Å². The molecule has 0 aliphatic rings. The van der Waals surface area contributed by atoms with Crippen molar-refractivity contribution in [3.05, 3.63) is 62.8 Å². The van der Waals surface area contributed by atoms with Crippen molar-refractivity contribution in [1.29, 1.82) is 0 Å². The Labute approximate surface area is 167 Å². The highest BCUT2D eigenvalue weighted by Gasteiger charge is 2.13. The van der Waals surface area contributed by atoms with E-state index >= 15 is 0 Å². The standard InChI is InChI=1S/C18H16Br2FNO4/c1-11(12-2-4-13(19)5-3-12)22-17(23)9-26-18(24)10-25-16-7-6-14(20)8-15(16)21/h2-8,11H,9-10H2,1H3,(H,22,23). The van der Waals surface area contributed by atoms with Gasteiger partial charge >= 0.3 is 5.97 Å². The molecule has 1 N–H and O–H groups in total. The average molecular weight is 489 g/mol. The van der Waals surface area contributed by atoms with Crippen molar-refractivity contribution in [2.45, 2.75) is 13.0 Å². The Hall–Kier alpha value is -1.93. The van der Waals surface area contributed by atoms with Gasteiger partial charge in [0, 0.05) is 8.95 Å². The molecule has 0 spiro atoms. The molecule has 0 bridgehead atoms. The molecule has 2 rings (SSSR count). The van der Waals surface area contributed by atoms with Gasteiger partial charge in [-0.2, -0.15) is 0 Å². The van der Waals surface area contributed by atoms with Crippen molar-refractivity contribution in [2.24, 2.45) is 0 Å². The lowest BCUT2D eigenvalue weighted by Crippen LogP contribution is -2.32.